The lowest BCUT2D eigenvalue weighted by atomic mass is 9.72. The van der Waals surface area contributed by atoms with Crippen LogP contribution in [0.25, 0.3) is 11.6 Å². The van der Waals surface area contributed by atoms with Gasteiger partial charge in [-0.15, -0.1) is 0 Å². The molecule has 2 aromatic carbocycles. The molecule has 0 aliphatic carbocycles. The van der Waals surface area contributed by atoms with Crippen LogP contribution in [-0.4, -0.2) is 39.1 Å². The maximum absolute atomic E-state index is 14.0. The summed E-state index contributed by atoms with van der Waals surface area (Å²) >= 11 is 0. The molecule has 7 rings (SSSR count). The zero-order valence-electron chi connectivity index (χ0n) is 25.8. The molecule has 5 atom stereocenters. The minimum atomic E-state index is -1.18. The number of hydrogen-bond acceptors (Lipinski definition) is 11. The van der Waals surface area contributed by atoms with E-state index < -0.39 is 35.5 Å². The summed E-state index contributed by atoms with van der Waals surface area (Å²) in [5.41, 5.74) is 8.34. The van der Waals surface area contributed by atoms with Crippen molar-refractivity contribution in [2.24, 2.45) is 17.8 Å². The lowest BCUT2D eigenvalue weighted by Crippen LogP contribution is -2.41. The Morgan fingerprint density at radius 2 is 1.91 bits per heavy atom. The average Bonchev–Trinajstić information content (AvgIpc) is 3.77. The number of amides is 1. The number of carbonyl (C=O) groups is 2. The van der Waals surface area contributed by atoms with Crippen LogP contribution in [0.3, 0.4) is 0 Å². The molecule has 0 saturated carbocycles. The largest absolute Gasteiger partial charge is 0.469 e. The minimum absolute atomic E-state index is 0.00369. The maximum Gasteiger partial charge on any atom is 0.252 e. The highest BCUT2D eigenvalue weighted by molar-refractivity contribution is 5.89. The van der Waals surface area contributed by atoms with E-state index >= 15 is 0 Å². The van der Waals surface area contributed by atoms with Gasteiger partial charge in [-0.2, -0.15) is 10.2 Å². The first-order valence-electron chi connectivity index (χ1n) is 15.4. The van der Waals surface area contributed by atoms with Gasteiger partial charge in [-0.25, -0.2) is 4.98 Å². The lowest BCUT2D eigenvalue weighted by Gasteiger charge is -2.28. The molecule has 5 N–H and O–H groups in total. The molecule has 5 heterocycles. The second kappa shape index (κ2) is 10.7. The number of nitrogen functional groups attached to an aromatic ring is 1. The lowest BCUT2D eigenvalue weighted by molar-refractivity contribution is -0.135. The van der Waals surface area contributed by atoms with Gasteiger partial charge < -0.3 is 35.0 Å². The second-order valence-electron chi connectivity index (χ2n) is 12.9. The van der Waals surface area contributed by atoms with E-state index in [0.29, 0.717) is 11.5 Å². The number of ketones is 1. The zero-order valence-corrected chi connectivity index (χ0v) is 25.8. The van der Waals surface area contributed by atoms with Crippen molar-refractivity contribution in [3.63, 3.8) is 0 Å². The average molecular weight is 623 g/mol. The first-order chi connectivity index (χ1) is 22.0. The number of aromatic nitrogens is 2. The normalized spacial score (nSPS) is 23.3. The highest BCUT2D eigenvalue weighted by Crippen LogP contribution is 2.59. The molecule has 0 saturated heterocycles. The number of anilines is 2. The Morgan fingerprint density at radius 1 is 1.13 bits per heavy atom. The van der Waals surface area contributed by atoms with Gasteiger partial charge in [0.05, 0.1) is 0 Å². The molecule has 4 bridgehead atoms. The highest BCUT2D eigenvalue weighted by Gasteiger charge is 2.61. The van der Waals surface area contributed by atoms with Crippen molar-refractivity contribution >= 4 is 23.3 Å². The number of carbonyl (C=O) groups excluding carboxylic acids is 2. The Morgan fingerprint density at radius 3 is 2.63 bits per heavy atom. The second-order valence-corrected chi connectivity index (χ2v) is 12.9. The van der Waals surface area contributed by atoms with Gasteiger partial charge >= 0.3 is 0 Å². The molecule has 12 heteroatoms. The Bertz CT molecular complexity index is 1920. The molecule has 3 aliphatic rings. The van der Waals surface area contributed by atoms with Gasteiger partial charge in [0.1, 0.15) is 29.4 Å². The van der Waals surface area contributed by atoms with E-state index in [1.807, 2.05) is 62.4 Å². The minimum Gasteiger partial charge on any atom is -0.469 e. The summed E-state index contributed by atoms with van der Waals surface area (Å²) in [7, 11) is 0. The van der Waals surface area contributed by atoms with Crippen LogP contribution in [0.15, 0.2) is 51.3 Å². The standard InChI is InChI=1S/C34H34N6O6/c1-15(2)25-31-40-26(32-37-22(14-35)29(36)46-32)28(45-31)34-19-7-5-6-8-21(19)38-33(34)44-24-10-9-17(12-20(24)34)11-18(30(43)39-25)13-23(41)27(42)16(3)4/h5-10,12,15-16,18,25,27,33,38,42H,11,13,36H2,1-4H3,(H,39,43)/t18-,25+,27+,33+,34?/m1/s1. The number of oxazole rings is 2. The first kappa shape index (κ1) is 29.6. The fourth-order valence-corrected chi connectivity index (χ4v) is 6.81. The fraction of sp³-hybridized carbons (Fsp3) is 0.382. The van der Waals surface area contributed by atoms with Crippen LogP contribution in [0.5, 0.6) is 5.75 Å². The SMILES string of the molecule is CC(C)[C@H](O)C(=O)C[C@H]1Cc2ccc3c(c2)C2(c4ccccc4N[C@H]2O3)c2oc(nc2-c2nc(C#N)c(N)o2)[C@H](C(C)C)NC1=O. The predicted octanol–water partition coefficient (Wildman–Crippen LogP) is 4.22. The van der Waals surface area contributed by atoms with E-state index in [9.17, 15) is 20.0 Å². The number of hydrogen-bond donors (Lipinski definition) is 4. The van der Waals surface area contributed by atoms with Crippen molar-refractivity contribution in [1.29, 1.82) is 5.26 Å². The molecular formula is C34H34N6O6. The number of aliphatic hydroxyl groups is 1. The quantitative estimate of drug-likeness (QED) is 0.241. The molecular weight excluding hydrogens is 588 g/mol. The van der Waals surface area contributed by atoms with Crippen molar-refractivity contribution in [2.45, 2.75) is 64.3 Å². The number of nitriles is 1. The van der Waals surface area contributed by atoms with Crippen molar-refractivity contribution < 1.29 is 28.3 Å². The number of Topliss-reactive ketones (excluding diaryl/α,β-unsaturated/α-hetero) is 1. The van der Waals surface area contributed by atoms with E-state index in [2.05, 4.69) is 15.6 Å². The van der Waals surface area contributed by atoms with Crippen LogP contribution in [0.4, 0.5) is 11.6 Å². The number of para-hydroxylation sites is 1. The Hall–Kier alpha value is -5.15. The third-order valence-electron chi connectivity index (χ3n) is 9.20. The first-order valence-corrected chi connectivity index (χ1v) is 15.4. The molecule has 3 aliphatic heterocycles. The molecule has 0 radical (unpaired) electrons. The van der Waals surface area contributed by atoms with Crippen molar-refractivity contribution in [3.8, 4) is 23.4 Å². The monoisotopic (exact) mass is 622 g/mol. The molecule has 236 valence electrons. The Balaban J connectivity index is 1.49. The van der Waals surface area contributed by atoms with Crippen LogP contribution < -0.4 is 21.1 Å². The molecule has 12 nitrogen and oxygen atoms in total. The third-order valence-corrected chi connectivity index (χ3v) is 9.20. The van der Waals surface area contributed by atoms with Crippen LogP contribution in [0, 0.1) is 29.1 Å². The van der Waals surface area contributed by atoms with Gasteiger partial charge in [0.2, 0.25) is 23.4 Å². The van der Waals surface area contributed by atoms with E-state index in [1.165, 1.54) is 0 Å². The van der Waals surface area contributed by atoms with Crippen LogP contribution in [0.1, 0.15) is 74.2 Å². The smallest absolute Gasteiger partial charge is 0.252 e. The zero-order chi connectivity index (χ0) is 32.5. The molecule has 1 unspecified atom stereocenters. The van der Waals surface area contributed by atoms with Crippen molar-refractivity contribution in [3.05, 3.63) is 76.5 Å². The summed E-state index contributed by atoms with van der Waals surface area (Å²) < 4.78 is 19.1. The van der Waals surface area contributed by atoms with Gasteiger partial charge in [0.25, 0.3) is 5.89 Å². The van der Waals surface area contributed by atoms with Gasteiger partial charge in [-0.3, -0.25) is 9.59 Å². The molecule has 4 aromatic rings. The van der Waals surface area contributed by atoms with Gasteiger partial charge in [-0.1, -0.05) is 58.0 Å². The predicted molar refractivity (Wildman–Crippen MR) is 165 cm³/mol. The topological polar surface area (TPSA) is 190 Å². The maximum atomic E-state index is 14.0. The summed E-state index contributed by atoms with van der Waals surface area (Å²) in [4.78, 5) is 36.4. The molecule has 0 fully saturated rings. The van der Waals surface area contributed by atoms with Crippen molar-refractivity contribution in [2.75, 3.05) is 11.1 Å². The number of nitrogens with one attached hydrogen (secondary N) is 2. The van der Waals surface area contributed by atoms with Gasteiger partial charge in [0, 0.05) is 23.6 Å². The summed E-state index contributed by atoms with van der Waals surface area (Å²) in [6.07, 6.45) is -1.73. The number of benzene rings is 2. The summed E-state index contributed by atoms with van der Waals surface area (Å²) in [5.74, 6) is -1.01. The Kier molecular flexibility index (Phi) is 6.90. The van der Waals surface area contributed by atoms with Crippen molar-refractivity contribution in [1.82, 2.24) is 15.3 Å². The summed E-state index contributed by atoms with van der Waals surface area (Å²) in [6, 6.07) is 14.8. The van der Waals surface area contributed by atoms with E-state index in [1.54, 1.807) is 13.8 Å². The van der Waals surface area contributed by atoms with Gasteiger partial charge in [-0.05, 0) is 41.5 Å². The molecule has 46 heavy (non-hydrogen) atoms. The summed E-state index contributed by atoms with van der Waals surface area (Å²) in [5, 5.41) is 26.7. The number of ether oxygens (including phenoxy) is 1. The van der Waals surface area contributed by atoms with E-state index in [0.717, 1.165) is 22.4 Å². The highest BCUT2D eigenvalue weighted by atomic mass is 16.5. The van der Waals surface area contributed by atoms with Crippen LogP contribution in [0.2, 0.25) is 0 Å². The van der Waals surface area contributed by atoms with Crippen LogP contribution >= 0.6 is 0 Å². The number of fused-ring (bicyclic) bond motifs is 4. The van der Waals surface area contributed by atoms with E-state index in [4.69, 9.17) is 24.3 Å². The van der Waals surface area contributed by atoms with Gasteiger partial charge in [0.15, 0.2) is 23.5 Å². The van der Waals surface area contributed by atoms with E-state index in [-0.39, 0.29) is 59.6 Å². The summed E-state index contributed by atoms with van der Waals surface area (Å²) in [6.45, 7) is 7.38. The Labute approximate surface area is 265 Å². The molecule has 2 aromatic heterocycles. The number of rotatable bonds is 6. The molecule has 1 spiro atoms. The third kappa shape index (κ3) is 4.37. The van der Waals surface area contributed by atoms with Crippen LogP contribution in [-0.2, 0) is 21.4 Å². The number of nitrogens with zero attached hydrogens (tertiary/aromatic N) is 3. The molecule has 1 amide bonds. The number of nitrogens with two attached hydrogens (primary N) is 1. The number of aliphatic hydroxyl groups excluding tert-OH is 1. The fourth-order valence-electron chi connectivity index (χ4n) is 6.81.